The van der Waals surface area contributed by atoms with Gasteiger partial charge in [0.15, 0.2) is 0 Å². The van der Waals surface area contributed by atoms with Crippen molar-refractivity contribution in [1.29, 1.82) is 0 Å². The molecule has 0 atom stereocenters. The predicted octanol–water partition coefficient (Wildman–Crippen LogP) is 2.16. The first-order valence-corrected chi connectivity index (χ1v) is 9.29. The maximum atomic E-state index is 12.7. The summed E-state index contributed by atoms with van der Waals surface area (Å²) >= 11 is 1.41. The summed E-state index contributed by atoms with van der Waals surface area (Å²) in [5.74, 6) is 0.792. The molecule has 4 heterocycles. The van der Waals surface area contributed by atoms with Crippen molar-refractivity contribution in [2.24, 2.45) is 0 Å². The molecule has 0 spiro atoms. The van der Waals surface area contributed by atoms with Crippen LogP contribution in [0.2, 0.25) is 0 Å². The standard InChI is InChI=1S/C18H19N5O2S/c1-12-14-16(23-5-7-25-8-6-23)21-11-22-18(14)26-15(12)17(24)20-10-13-3-2-4-19-9-13/h2-4,9,11H,5-8,10H2,1H3,(H,20,24). The van der Waals surface area contributed by atoms with Crippen LogP contribution in [-0.2, 0) is 11.3 Å². The van der Waals surface area contributed by atoms with E-state index in [-0.39, 0.29) is 5.91 Å². The topological polar surface area (TPSA) is 80.2 Å². The number of nitrogens with zero attached hydrogens (tertiary/aromatic N) is 4. The number of carbonyl (C=O) groups excluding carboxylic acids is 1. The number of amides is 1. The Hall–Kier alpha value is -2.58. The van der Waals surface area contributed by atoms with Gasteiger partial charge in [0.2, 0.25) is 0 Å². The van der Waals surface area contributed by atoms with Gasteiger partial charge < -0.3 is 15.0 Å². The fourth-order valence-electron chi connectivity index (χ4n) is 3.05. The van der Waals surface area contributed by atoms with Crippen molar-refractivity contribution in [3.05, 3.63) is 46.9 Å². The lowest BCUT2D eigenvalue weighted by molar-refractivity contribution is 0.0954. The lowest BCUT2D eigenvalue weighted by atomic mass is 10.2. The van der Waals surface area contributed by atoms with Crippen LogP contribution in [0.25, 0.3) is 10.2 Å². The Morgan fingerprint density at radius 1 is 1.35 bits per heavy atom. The average Bonchev–Trinajstić information content (AvgIpc) is 3.04. The van der Waals surface area contributed by atoms with Gasteiger partial charge in [-0.25, -0.2) is 9.97 Å². The molecule has 8 heteroatoms. The van der Waals surface area contributed by atoms with Crippen LogP contribution in [-0.4, -0.2) is 47.2 Å². The smallest absolute Gasteiger partial charge is 0.261 e. The van der Waals surface area contributed by atoms with E-state index in [4.69, 9.17) is 4.74 Å². The second-order valence-electron chi connectivity index (χ2n) is 6.08. The van der Waals surface area contributed by atoms with Crippen molar-refractivity contribution < 1.29 is 9.53 Å². The van der Waals surface area contributed by atoms with Gasteiger partial charge >= 0.3 is 0 Å². The molecule has 1 fully saturated rings. The second-order valence-corrected chi connectivity index (χ2v) is 7.08. The highest BCUT2D eigenvalue weighted by molar-refractivity contribution is 7.20. The monoisotopic (exact) mass is 369 g/mol. The van der Waals surface area contributed by atoms with E-state index >= 15 is 0 Å². The van der Waals surface area contributed by atoms with Crippen molar-refractivity contribution >= 4 is 33.3 Å². The number of fused-ring (bicyclic) bond motifs is 1. The fourth-order valence-corrected chi connectivity index (χ4v) is 4.11. The molecule has 0 saturated carbocycles. The molecule has 1 saturated heterocycles. The van der Waals surface area contributed by atoms with Gasteiger partial charge in [0.25, 0.3) is 5.91 Å². The third-order valence-corrected chi connectivity index (χ3v) is 5.60. The van der Waals surface area contributed by atoms with E-state index in [2.05, 4.69) is 25.2 Å². The third-order valence-electron chi connectivity index (χ3n) is 4.40. The van der Waals surface area contributed by atoms with Crippen molar-refractivity contribution in [2.75, 3.05) is 31.2 Å². The van der Waals surface area contributed by atoms with E-state index in [1.54, 1.807) is 18.7 Å². The summed E-state index contributed by atoms with van der Waals surface area (Å²) in [6.45, 7) is 5.38. The van der Waals surface area contributed by atoms with Gasteiger partial charge in [0.1, 0.15) is 17.0 Å². The van der Waals surface area contributed by atoms with Gasteiger partial charge in [0, 0.05) is 32.0 Å². The zero-order valence-electron chi connectivity index (χ0n) is 14.4. The summed E-state index contributed by atoms with van der Waals surface area (Å²) < 4.78 is 5.43. The number of ether oxygens (including phenoxy) is 1. The summed E-state index contributed by atoms with van der Waals surface area (Å²) in [5.41, 5.74) is 1.89. The molecule has 0 unspecified atom stereocenters. The quantitative estimate of drug-likeness (QED) is 0.759. The van der Waals surface area contributed by atoms with Crippen LogP contribution in [0.5, 0.6) is 0 Å². The van der Waals surface area contributed by atoms with Gasteiger partial charge in [-0.2, -0.15) is 0 Å². The zero-order valence-corrected chi connectivity index (χ0v) is 15.3. The van der Waals surface area contributed by atoms with Crippen LogP contribution >= 0.6 is 11.3 Å². The lowest BCUT2D eigenvalue weighted by Crippen LogP contribution is -2.36. The highest BCUT2D eigenvalue weighted by atomic mass is 32.1. The third kappa shape index (κ3) is 3.25. The molecule has 3 aromatic rings. The maximum Gasteiger partial charge on any atom is 0.261 e. The Balaban J connectivity index is 1.61. The fraction of sp³-hybridized carbons (Fsp3) is 0.333. The Morgan fingerprint density at radius 2 is 2.19 bits per heavy atom. The SMILES string of the molecule is Cc1c(C(=O)NCc2cccnc2)sc2ncnc(N3CCOCC3)c12. The molecular formula is C18H19N5O2S. The normalized spacial score (nSPS) is 14.6. The molecule has 1 aliphatic rings. The number of aryl methyl sites for hydroxylation is 1. The second kappa shape index (κ2) is 7.35. The molecule has 134 valence electrons. The van der Waals surface area contributed by atoms with Gasteiger partial charge in [-0.3, -0.25) is 9.78 Å². The predicted molar refractivity (Wildman–Crippen MR) is 101 cm³/mol. The van der Waals surface area contributed by atoms with Gasteiger partial charge in [-0.1, -0.05) is 6.07 Å². The largest absolute Gasteiger partial charge is 0.378 e. The number of pyridine rings is 1. The highest BCUT2D eigenvalue weighted by Crippen LogP contribution is 2.35. The van der Waals surface area contributed by atoms with E-state index in [1.807, 2.05) is 19.1 Å². The van der Waals surface area contributed by atoms with Crippen LogP contribution < -0.4 is 10.2 Å². The Kier molecular flexibility index (Phi) is 4.77. The maximum absolute atomic E-state index is 12.7. The number of hydrogen-bond acceptors (Lipinski definition) is 7. The molecule has 3 aromatic heterocycles. The van der Waals surface area contributed by atoms with Crippen molar-refractivity contribution in [3.63, 3.8) is 0 Å². The number of nitrogens with one attached hydrogen (secondary N) is 1. The first-order chi connectivity index (χ1) is 12.7. The van der Waals surface area contributed by atoms with Gasteiger partial charge in [0.05, 0.1) is 23.5 Å². The summed E-state index contributed by atoms with van der Waals surface area (Å²) in [4.78, 5) is 29.3. The number of thiophene rings is 1. The molecule has 4 rings (SSSR count). The molecule has 0 aliphatic carbocycles. The minimum atomic E-state index is -0.0951. The van der Waals surface area contributed by atoms with Crippen LogP contribution in [0.3, 0.4) is 0 Å². The number of morpholine rings is 1. The van der Waals surface area contributed by atoms with Gasteiger partial charge in [-0.05, 0) is 24.1 Å². The molecule has 0 aromatic carbocycles. The first-order valence-electron chi connectivity index (χ1n) is 8.48. The number of carbonyl (C=O) groups is 1. The minimum absolute atomic E-state index is 0.0951. The number of aromatic nitrogens is 3. The Morgan fingerprint density at radius 3 is 2.96 bits per heavy atom. The average molecular weight is 369 g/mol. The molecule has 1 aliphatic heterocycles. The molecule has 7 nitrogen and oxygen atoms in total. The van der Waals surface area contributed by atoms with Crippen LogP contribution in [0.15, 0.2) is 30.9 Å². The van der Waals surface area contributed by atoms with E-state index in [9.17, 15) is 4.79 Å². The molecular weight excluding hydrogens is 350 g/mol. The molecule has 26 heavy (non-hydrogen) atoms. The Labute approximate surface area is 155 Å². The Bertz CT molecular complexity index is 922. The zero-order chi connectivity index (χ0) is 17.9. The van der Waals surface area contributed by atoms with Crippen LogP contribution in [0.4, 0.5) is 5.82 Å². The summed E-state index contributed by atoms with van der Waals surface area (Å²) in [7, 11) is 0. The van der Waals surface area contributed by atoms with Crippen molar-refractivity contribution in [1.82, 2.24) is 20.3 Å². The van der Waals surface area contributed by atoms with E-state index in [0.717, 1.165) is 40.3 Å². The summed E-state index contributed by atoms with van der Waals surface area (Å²) in [6, 6.07) is 3.80. The highest BCUT2D eigenvalue weighted by Gasteiger charge is 2.22. The number of rotatable bonds is 4. The minimum Gasteiger partial charge on any atom is -0.378 e. The summed E-state index contributed by atoms with van der Waals surface area (Å²) in [5, 5.41) is 3.93. The number of anilines is 1. The number of hydrogen-bond donors (Lipinski definition) is 1. The lowest BCUT2D eigenvalue weighted by Gasteiger charge is -2.28. The van der Waals surface area contributed by atoms with E-state index in [1.165, 1.54) is 11.3 Å². The first kappa shape index (κ1) is 16.9. The van der Waals surface area contributed by atoms with E-state index in [0.29, 0.717) is 24.6 Å². The van der Waals surface area contributed by atoms with Crippen molar-refractivity contribution in [2.45, 2.75) is 13.5 Å². The van der Waals surface area contributed by atoms with Crippen LogP contribution in [0.1, 0.15) is 20.8 Å². The van der Waals surface area contributed by atoms with Crippen molar-refractivity contribution in [3.8, 4) is 0 Å². The summed E-state index contributed by atoms with van der Waals surface area (Å²) in [6.07, 6.45) is 5.04. The molecule has 1 amide bonds. The van der Waals surface area contributed by atoms with Crippen LogP contribution in [0, 0.1) is 6.92 Å². The molecule has 0 bridgehead atoms. The van der Waals surface area contributed by atoms with E-state index < -0.39 is 0 Å². The van der Waals surface area contributed by atoms with Gasteiger partial charge in [-0.15, -0.1) is 11.3 Å². The molecule has 0 radical (unpaired) electrons. The molecule has 1 N–H and O–H groups in total.